The van der Waals surface area contributed by atoms with E-state index in [0.717, 1.165) is 0 Å². The number of amides is 1. The van der Waals surface area contributed by atoms with Gasteiger partial charge in [-0.3, -0.25) is 4.79 Å². The number of nitrogens with one attached hydrogen (secondary N) is 1. The monoisotopic (exact) mass is 194 g/mol. The number of phenols is 1. The van der Waals surface area contributed by atoms with Crippen molar-refractivity contribution in [3.8, 4) is 5.75 Å². The van der Waals surface area contributed by atoms with E-state index in [2.05, 4.69) is 5.32 Å². The minimum atomic E-state index is -0.809. The van der Waals surface area contributed by atoms with Crippen LogP contribution in [-0.2, 0) is 4.79 Å². The van der Waals surface area contributed by atoms with Crippen LogP contribution >= 0.6 is 0 Å². The first-order valence-corrected chi connectivity index (χ1v) is 4.48. The number of aromatic hydroxyl groups is 1. The molecule has 0 saturated heterocycles. The summed E-state index contributed by atoms with van der Waals surface area (Å²) in [5.74, 6) is -0.236. The van der Waals surface area contributed by atoms with Gasteiger partial charge in [-0.05, 0) is 13.0 Å². The molecule has 0 bridgehead atoms. The molecule has 0 aromatic heterocycles. The quantitative estimate of drug-likeness (QED) is 0.657. The zero-order valence-electron chi connectivity index (χ0n) is 8.03. The molecule has 0 aliphatic heterocycles. The van der Waals surface area contributed by atoms with Crippen LogP contribution in [0, 0.1) is 0 Å². The molecule has 1 aromatic rings. The van der Waals surface area contributed by atoms with Crippen LogP contribution in [0.25, 0.3) is 0 Å². The van der Waals surface area contributed by atoms with E-state index in [1.54, 1.807) is 18.2 Å². The van der Waals surface area contributed by atoms with Gasteiger partial charge < -0.3 is 16.2 Å². The van der Waals surface area contributed by atoms with E-state index in [-0.39, 0.29) is 11.7 Å². The second-order valence-electron chi connectivity index (χ2n) is 2.93. The first kappa shape index (κ1) is 10.5. The minimum Gasteiger partial charge on any atom is -0.508 e. The lowest BCUT2D eigenvalue weighted by Crippen LogP contribution is -2.33. The van der Waals surface area contributed by atoms with Crippen molar-refractivity contribution in [2.45, 2.75) is 13.0 Å². The summed E-state index contributed by atoms with van der Waals surface area (Å²) in [4.78, 5) is 11.3. The van der Waals surface area contributed by atoms with Crippen LogP contribution in [0.5, 0.6) is 5.75 Å². The highest BCUT2D eigenvalue weighted by Crippen LogP contribution is 2.21. The SMILES string of the molecule is CCNC(=O)C(N)c1ccccc1O. The molecule has 0 saturated carbocycles. The Labute approximate surface area is 82.7 Å². The van der Waals surface area contributed by atoms with Gasteiger partial charge in [0.1, 0.15) is 11.8 Å². The average molecular weight is 194 g/mol. The number of hydrogen-bond acceptors (Lipinski definition) is 3. The zero-order valence-corrected chi connectivity index (χ0v) is 8.03. The maximum Gasteiger partial charge on any atom is 0.241 e. The molecular formula is C10H14N2O2. The van der Waals surface area contributed by atoms with Crippen molar-refractivity contribution < 1.29 is 9.90 Å². The summed E-state index contributed by atoms with van der Waals surface area (Å²) in [6, 6.07) is 5.75. The summed E-state index contributed by atoms with van der Waals surface area (Å²) in [6.45, 7) is 2.34. The van der Waals surface area contributed by atoms with Gasteiger partial charge in [0.2, 0.25) is 5.91 Å². The van der Waals surface area contributed by atoms with E-state index in [1.165, 1.54) is 6.07 Å². The van der Waals surface area contributed by atoms with Gasteiger partial charge in [0.15, 0.2) is 0 Å². The molecule has 4 nitrogen and oxygen atoms in total. The van der Waals surface area contributed by atoms with Gasteiger partial charge in [-0.15, -0.1) is 0 Å². The second-order valence-corrected chi connectivity index (χ2v) is 2.93. The highest BCUT2D eigenvalue weighted by molar-refractivity contribution is 5.83. The molecule has 1 rings (SSSR count). The summed E-state index contributed by atoms with van der Waals surface area (Å²) in [5, 5.41) is 12.0. The molecule has 0 heterocycles. The van der Waals surface area contributed by atoms with Crippen molar-refractivity contribution >= 4 is 5.91 Å². The topological polar surface area (TPSA) is 75.4 Å². The minimum absolute atomic E-state index is 0.0475. The Balaban J connectivity index is 2.84. The molecular weight excluding hydrogens is 180 g/mol. The van der Waals surface area contributed by atoms with Crippen molar-refractivity contribution in [3.05, 3.63) is 29.8 Å². The van der Waals surface area contributed by atoms with Crippen molar-refractivity contribution in [1.29, 1.82) is 0 Å². The lowest BCUT2D eigenvalue weighted by atomic mass is 10.1. The number of likely N-dealkylation sites (N-methyl/N-ethyl adjacent to an activating group) is 1. The standard InChI is InChI=1S/C10H14N2O2/c1-2-12-10(14)9(11)7-5-3-4-6-8(7)13/h3-6,9,13H,2,11H2,1H3,(H,12,14). The zero-order chi connectivity index (χ0) is 10.6. The highest BCUT2D eigenvalue weighted by atomic mass is 16.3. The van der Waals surface area contributed by atoms with E-state index in [1.807, 2.05) is 6.92 Å². The normalized spacial score (nSPS) is 12.1. The van der Waals surface area contributed by atoms with Crippen LogP contribution in [0.1, 0.15) is 18.5 Å². The molecule has 14 heavy (non-hydrogen) atoms. The molecule has 76 valence electrons. The molecule has 1 amide bonds. The number of carbonyl (C=O) groups excluding carboxylic acids is 1. The summed E-state index contributed by atoms with van der Waals surface area (Å²) in [6.07, 6.45) is 0. The van der Waals surface area contributed by atoms with E-state index in [0.29, 0.717) is 12.1 Å². The number of phenolic OH excluding ortho intramolecular Hbond substituents is 1. The number of hydrogen-bond donors (Lipinski definition) is 3. The first-order valence-electron chi connectivity index (χ1n) is 4.48. The van der Waals surface area contributed by atoms with Crippen LogP contribution in [0.3, 0.4) is 0 Å². The second kappa shape index (κ2) is 4.62. The lowest BCUT2D eigenvalue weighted by Gasteiger charge is -2.12. The van der Waals surface area contributed by atoms with Gasteiger partial charge in [0.05, 0.1) is 0 Å². The molecule has 0 aliphatic rings. The van der Waals surface area contributed by atoms with Crippen LogP contribution in [0.2, 0.25) is 0 Å². The van der Waals surface area contributed by atoms with Crippen molar-refractivity contribution in [2.75, 3.05) is 6.54 Å². The third-order valence-corrected chi connectivity index (χ3v) is 1.91. The molecule has 0 spiro atoms. The smallest absolute Gasteiger partial charge is 0.241 e. The Bertz CT molecular complexity index is 326. The molecule has 1 atom stereocenters. The third-order valence-electron chi connectivity index (χ3n) is 1.91. The van der Waals surface area contributed by atoms with Crippen LogP contribution < -0.4 is 11.1 Å². The maximum atomic E-state index is 11.3. The van der Waals surface area contributed by atoms with E-state index >= 15 is 0 Å². The van der Waals surface area contributed by atoms with E-state index in [9.17, 15) is 9.90 Å². The Morgan fingerprint density at radius 1 is 1.57 bits per heavy atom. The van der Waals surface area contributed by atoms with Gasteiger partial charge in [-0.1, -0.05) is 18.2 Å². The van der Waals surface area contributed by atoms with Crippen molar-refractivity contribution in [3.63, 3.8) is 0 Å². The van der Waals surface area contributed by atoms with Crippen LogP contribution in [0.4, 0.5) is 0 Å². The molecule has 4 heteroatoms. The van der Waals surface area contributed by atoms with Crippen LogP contribution in [-0.4, -0.2) is 17.6 Å². The van der Waals surface area contributed by atoms with Gasteiger partial charge in [-0.2, -0.15) is 0 Å². The molecule has 0 radical (unpaired) electrons. The van der Waals surface area contributed by atoms with Gasteiger partial charge in [0, 0.05) is 12.1 Å². The highest BCUT2D eigenvalue weighted by Gasteiger charge is 2.17. The number of nitrogens with two attached hydrogens (primary N) is 1. The molecule has 1 unspecified atom stereocenters. The Morgan fingerprint density at radius 2 is 2.21 bits per heavy atom. The third kappa shape index (κ3) is 2.23. The fourth-order valence-corrected chi connectivity index (χ4v) is 1.18. The number of benzene rings is 1. The van der Waals surface area contributed by atoms with Gasteiger partial charge in [0.25, 0.3) is 0 Å². The largest absolute Gasteiger partial charge is 0.508 e. The van der Waals surface area contributed by atoms with Crippen LogP contribution in [0.15, 0.2) is 24.3 Å². The first-order chi connectivity index (χ1) is 6.66. The fourth-order valence-electron chi connectivity index (χ4n) is 1.18. The maximum absolute atomic E-state index is 11.3. The van der Waals surface area contributed by atoms with E-state index < -0.39 is 6.04 Å². The van der Waals surface area contributed by atoms with E-state index in [4.69, 9.17) is 5.73 Å². The van der Waals surface area contributed by atoms with Gasteiger partial charge >= 0.3 is 0 Å². The summed E-state index contributed by atoms with van der Waals surface area (Å²) >= 11 is 0. The van der Waals surface area contributed by atoms with Gasteiger partial charge in [-0.25, -0.2) is 0 Å². The average Bonchev–Trinajstić information content (AvgIpc) is 2.18. The summed E-state index contributed by atoms with van der Waals surface area (Å²) in [5.41, 5.74) is 6.10. The summed E-state index contributed by atoms with van der Waals surface area (Å²) < 4.78 is 0. The predicted octanol–water partition coefficient (Wildman–Crippen LogP) is 0.528. The lowest BCUT2D eigenvalue weighted by molar-refractivity contribution is -0.122. The number of para-hydroxylation sites is 1. The number of rotatable bonds is 3. The Kier molecular flexibility index (Phi) is 3.48. The number of carbonyl (C=O) groups is 1. The van der Waals surface area contributed by atoms with Crippen molar-refractivity contribution in [2.24, 2.45) is 5.73 Å². The fraction of sp³-hybridized carbons (Fsp3) is 0.300. The molecule has 4 N–H and O–H groups in total. The Hall–Kier alpha value is -1.55. The Morgan fingerprint density at radius 3 is 2.79 bits per heavy atom. The van der Waals surface area contributed by atoms with Crippen molar-refractivity contribution in [1.82, 2.24) is 5.32 Å². The molecule has 1 aromatic carbocycles. The molecule has 0 aliphatic carbocycles. The molecule has 0 fully saturated rings. The predicted molar refractivity (Wildman–Crippen MR) is 53.7 cm³/mol. The summed E-state index contributed by atoms with van der Waals surface area (Å²) in [7, 11) is 0.